The Morgan fingerprint density at radius 1 is 1.12 bits per heavy atom. The zero-order valence-corrected chi connectivity index (χ0v) is 15.4. The van der Waals surface area contributed by atoms with Crippen LogP contribution in [0.4, 0.5) is 0 Å². The summed E-state index contributed by atoms with van der Waals surface area (Å²) in [6, 6.07) is 8.52. The van der Waals surface area contributed by atoms with E-state index >= 15 is 0 Å². The lowest BCUT2D eigenvalue weighted by Gasteiger charge is -2.22. The fourth-order valence-corrected chi connectivity index (χ4v) is 5.06. The van der Waals surface area contributed by atoms with Gasteiger partial charge in [-0.05, 0) is 50.4 Å². The number of hydrogen-bond acceptors (Lipinski definition) is 4. The molecule has 0 aromatic heterocycles. The highest BCUT2D eigenvalue weighted by Crippen LogP contribution is 2.19. The first-order chi connectivity index (χ1) is 12.1. The molecule has 0 spiro atoms. The second kappa shape index (κ2) is 8.29. The molecule has 6 nitrogen and oxygen atoms in total. The second-order valence-electron chi connectivity index (χ2n) is 6.85. The Labute approximate surface area is 150 Å². The van der Waals surface area contributed by atoms with Crippen LogP contribution in [0.2, 0.25) is 0 Å². The third-order valence-electron chi connectivity index (χ3n) is 5.12. The summed E-state index contributed by atoms with van der Waals surface area (Å²) < 4.78 is 27.0. The minimum Gasteiger partial charge on any atom is -0.341 e. The lowest BCUT2D eigenvalue weighted by atomic mass is 10.0. The minimum atomic E-state index is -3.47. The molecule has 1 atom stereocenters. The lowest BCUT2D eigenvalue weighted by Crippen LogP contribution is -2.37. The molecular weight excluding hydrogens is 338 g/mol. The normalized spacial score (nSPS) is 22.7. The van der Waals surface area contributed by atoms with Gasteiger partial charge in [-0.25, -0.2) is 8.42 Å². The van der Waals surface area contributed by atoms with Crippen molar-refractivity contribution in [3.05, 3.63) is 30.3 Å². The lowest BCUT2D eigenvalue weighted by molar-refractivity contribution is -0.131. The molecule has 7 heteroatoms. The molecule has 2 heterocycles. The number of amides is 1. The van der Waals surface area contributed by atoms with Crippen LogP contribution in [0.15, 0.2) is 35.2 Å². The van der Waals surface area contributed by atoms with E-state index < -0.39 is 10.0 Å². The SMILES string of the molecule is O=C(CCC1CCNC1)N1CCCN(S(=O)(=O)c2ccccc2)CC1. The fraction of sp³-hybridized carbons (Fsp3) is 0.611. The summed E-state index contributed by atoms with van der Waals surface area (Å²) in [5.74, 6) is 0.761. The van der Waals surface area contributed by atoms with E-state index in [0.29, 0.717) is 49.8 Å². The van der Waals surface area contributed by atoms with Crippen LogP contribution in [-0.4, -0.2) is 62.8 Å². The van der Waals surface area contributed by atoms with Gasteiger partial charge in [-0.15, -0.1) is 0 Å². The molecule has 2 fully saturated rings. The molecule has 2 aliphatic heterocycles. The molecule has 3 rings (SSSR count). The quantitative estimate of drug-likeness (QED) is 0.854. The zero-order valence-electron chi connectivity index (χ0n) is 14.6. The van der Waals surface area contributed by atoms with Crippen molar-refractivity contribution < 1.29 is 13.2 Å². The molecule has 0 bridgehead atoms. The minimum absolute atomic E-state index is 0.158. The number of benzene rings is 1. The Kier molecular flexibility index (Phi) is 6.09. The van der Waals surface area contributed by atoms with E-state index in [9.17, 15) is 13.2 Å². The molecule has 2 aliphatic rings. The van der Waals surface area contributed by atoms with Crippen LogP contribution in [-0.2, 0) is 14.8 Å². The van der Waals surface area contributed by atoms with E-state index in [1.807, 2.05) is 11.0 Å². The number of rotatable bonds is 5. The van der Waals surface area contributed by atoms with Gasteiger partial charge in [-0.1, -0.05) is 18.2 Å². The van der Waals surface area contributed by atoms with Crippen LogP contribution in [0.3, 0.4) is 0 Å². The number of carbonyl (C=O) groups excluding carboxylic acids is 1. The van der Waals surface area contributed by atoms with Gasteiger partial charge in [-0.3, -0.25) is 4.79 Å². The molecule has 1 N–H and O–H groups in total. The van der Waals surface area contributed by atoms with Crippen molar-refractivity contribution in [2.75, 3.05) is 39.3 Å². The Balaban J connectivity index is 1.55. The first-order valence-electron chi connectivity index (χ1n) is 9.11. The van der Waals surface area contributed by atoms with E-state index in [0.717, 1.165) is 25.9 Å². The Morgan fingerprint density at radius 2 is 1.92 bits per heavy atom. The Hall–Kier alpha value is -1.44. The van der Waals surface area contributed by atoms with Gasteiger partial charge in [0.1, 0.15) is 0 Å². The van der Waals surface area contributed by atoms with Crippen molar-refractivity contribution in [3.8, 4) is 0 Å². The van der Waals surface area contributed by atoms with Crippen molar-refractivity contribution in [3.63, 3.8) is 0 Å². The smallest absolute Gasteiger partial charge is 0.243 e. The third-order valence-corrected chi connectivity index (χ3v) is 7.03. The van der Waals surface area contributed by atoms with Crippen LogP contribution < -0.4 is 5.32 Å². The van der Waals surface area contributed by atoms with Gasteiger partial charge < -0.3 is 10.2 Å². The van der Waals surface area contributed by atoms with Gasteiger partial charge in [-0.2, -0.15) is 4.31 Å². The molecule has 1 unspecified atom stereocenters. The van der Waals surface area contributed by atoms with Crippen molar-refractivity contribution in [1.29, 1.82) is 0 Å². The highest BCUT2D eigenvalue weighted by Gasteiger charge is 2.28. The molecule has 1 amide bonds. The average molecular weight is 365 g/mol. The number of sulfonamides is 1. The van der Waals surface area contributed by atoms with Gasteiger partial charge in [0, 0.05) is 32.6 Å². The number of carbonyl (C=O) groups is 1. The highest BCUT2D eigenvalue weighted by molar-refractivity contribution is 7.89. The van der Waals surface area contributed by atoms with E-state index in [2.05, 4.69) is 5.32 Å². The van der Waals surface area contributed by atoms with Crippen LogP contribution in [0.1, 0.15) is 25.7 Å². The summed E-state index contributed by atoms with van der Waals surface area (Å²) in [5, 5.41) is 3.33. The maximum Gasteiger partial charge on any atom is 0.243 e. The molecule has 2 saturated heterocycles. The Morgan fingerprint density at radius 3 is 2.64 bits per heavy atom. The van der Waals surface area contributed by atoms with E-state index in [1.165, 1.54) is 4.31 Å². The average Bonchev–Trinajstić information content (AvgIpc) is 3.02. The van der Waals surface area contributed by atoms with Crippen LogP contribution in [0.5, 0.6) is 0 Å². The van der Waals surface area contributed by atoms with Crippen molar-refractivity contribution >= 4 is 15.9 Å². The fourth-order valence-electron chi connectivity index (χ4n) is 3.57. The monoisotopic (exact) mass is 365 g/mol. The molecule has 25 heavy (non-hydrogen) atoms. The van der Waals surface area contributed by atoms with E-state index in [-0.39, 0.29) is 5.91 Å². The molecule has 1 aromatic rings. The molecule has 0 aliphatic carbocycles. The third kappa shape index (κ3) is 4.59. The summed E-state index contributed by atoms with van der Waals surface area (Å²) in [5.41, 5.74) is 0. The van der Waals surface area contributed by atoms with Gasteiger partial charge in [0.05, 0.1) is 4.90 Å². The van der Waals surface area contributed by atoms with Gasteiger partial charge in [0.25, 0.3) is 0 Å². The predicted molar refractivity (Wildman–Crippen MR) is 96.6 cm³/mol. The molecule has 0 saturated carbocycles. The van der Waals surface area contributed by atoms with E-state index in [1.54, 1.807) is 24.3 Å². The summed E-state index contributed by atoms with van der Waals surface area (Å²) in [7, 11) is -3.47. The van der Waals surface area contributed by atoms with Crippen LogP contribution in [0, 0.1) is 5.92 Å². The van der Waals surface area contributed by atoms with Crippen molar-refractivity contribution in [2.45, 2.75) is 30.6 Å². The number of nitrogens with one attached hydrogen (secondary N) is 1. The van der Waals surface area contributed by atoms with Gasteiger partial charge in [0.15, 0.2) is 0 Å². The molecule has 1 aromatic carbocycles. The Bertz CT molecular complexity index is 672. The zero-order chi connectivity index (χ0) is 17.7. The van der Waals surface area contributed by atoms with Crippen LogP contribution >= 0.6 is 0 Å². The highest BCUT2D eigenvalue weighted by atomic mass is 32.2. The van der Waals surface area contributed by atoms with E-state index in [4.69, 9.17) is 0 Å². The predicted octanol–water partition coefficient (Wildman–Crippen LogP) is 1.30. The van der Waals surface area contributed by atoms with Crippen molar-refractivity contribution in [1.82, 2.24) is 14.5 Å². The molecule has 0 radical (unpaired) electrons. The molecular formula is C18H27N3O3S. The first-order valence-corrected chi connectivity index (χ1v) is 10.5. The topological polar surface area (TPSA) is 69.7 Å². The largest absolute Gasteiger partial charge is 0.341 e. The van der Waals surface area contributed by atoms with Crippen molar-refractivity contribution in [2.24, 2.45) is 5.92 Å². The van der Waals surface area contributed by atoms with Crippen LogP contribution in [0.25, 0.3) is 0 Å². The van der Waals surface area contributed by atoms with Gasteiger partial charge >= 0.3 is 0 Å². The second-order valence-corrected chi connectivity index (χ2v) is 8.79. The summed E-state index contributed by atoms with van der Waals surface area (Å²) >= 11 is 0. The maximum absolute atomic E-state index is 12.7. The number of hydrogen-bond donors (Lipinski definition) is 1. The summed E-state index contributed by atoms with van der Waals surface area (Å²) in [6.45, 7) is 4.02. The van der Waals surface area contributed by atoms with Gasteiger partial charge in [0.2, 0.25) is 15.9 Å². The summed E-state index contributed by atoms with van der Waals surface area (Å²) in [6.07, 6.45) is 3.32. The number of nitrogens with zero attached hydrogens (tertiary/aromatic N) is 2. The first kappa shape index (κ1) is 18.4. The standard InChI is InChI=1S/C18H27N3O3S/c22-18(8-7-16-9-10-19-15-16)20-11-4-12-21(14-13-20)25(23,24)17-5-2-1-3-6-17/h1-3,5-6,16,19H,4,7-15H2. The molecule has 138 valence electrons. The summed E-state index contributed by atoms with van der Waals surface area (Å²) in [4.78, 5) is 14.6. The maximum atomic E-state index is 12.7.